The van der Waals surface area contributed by atoms with Gasteiger partial charge in [0, 0.05) is 10.8 Å². The Morgan fingerprint density at radius 2 is 1.83 bits per heavy atom. The van der Waals surface area contributed by atoms with Crippen LogP contribution in [0.15, 0.2) is 40.8 Å². The second-order valence-corrected chi connectivity index (χ2v) is 7.34. The number of esters is 1. The van der Waals surface area contributed by atoms with E-state index in [9.17, 15) is 22.4 Å². The number of fused-ring (bicyclic) bond motifs is 3. The van der Waals surface area contributed by atoms with Gasteiger partial charge in [0.05, 0.1) is 7.11 Å². The molecule has 3 aromatic rings. The molecule has 1 aromatic heterocycles. The molecule has 1 unspecified atom stereocenters. The van der Waals surface area contributed by atoms with E-state index >= 15 is 0 Å². The smallest absolute Gasteiger partial charge is 0.407 e. The largest absolute Gasteiger partial charge is 0.468 e. The predicted octanol–water partition coefficient (Wildman–Crippen LogP) is 5.51. The number of hydrogen-bond acceptors (Lipinski definition) is 4. The zero-order valence-electron chi connectivity index (χ0n) is 16.1. The topological polar surface area (TPSA) is 51.5 Å². The second kappa shape index (κ2) is 8.02. The third kappa shape index (κ3) is 4.53. The molecular formula is C21H21F4NO3. The van der Waals surface area contributed by atoms with Gasteiger partial charge in [0.2, 0.25) is 0 Å². The Labute approximate surface area is 164 Å². The third-order valence-corrected chi connectivity index (χ3v) is 4.68. The Bertz CT molecular complexity index is 1030. The molecule has 156 valence electrons. The predicted molar refractivity (Wildman–Crippen MR) is 101 cm³/mol. The summed E-state index contributed by atoms with van der Waals surface area (Å²) in [7, 11) is 1.14. The quantitative estimate of drug-likeness (QED) is 0.430. The minimum absolute atomic E-state index is 0.0202. The minimum Gasteiger partial charge on any atom is -0.468 e. The van der Waals surface area contributed by atoms with Gasteiger partial charge in [-0.25, -0.2) is 4.39 Å². The normalized spacial score (nSPS) is 14.5. The van der Waals surface area contributed by atoms with Crippen LogP contribution in [-0.4, -0.2) is 25.3 Å². The zero-order chi connectivity index (χ0) is 21.3. The number of methoxy groups -OCH3 is 1. The van der Waals surface area contributed by atoms with Crippen LogP contribution in [0.1, 0.15) is 31.9 Å². The van der Waals surface area contributed by atoms with E-state index in [1.807, 2.05) is 0 Å². The molecule has 4 nitrogen and oxygen atoms in total. The molecule has 29 heavy (non-hydrogen) atoms. The maximum absolute atomic E-state index is 13.8. The molecule has 2 atom stereocenters. The van der Waals surface area contributed by atoms with Crippen molar-refractivity contribution in [2.45, 2.75) is 38.5 Å². The zero-order valence-corrected chi connectivity index (χ0v) is 16.1. The summed E-state index contributed by atoms with van der Waals surface area (Å²) in [6, 6.07) is 4.74. The van der Waals surface area contributed by atoms with Crippen LogP contribution < -0.4 is 5.32 Å². The van der Waals surface area contributed by atoms with Crippen molar-refractivity contribution in [3.05, 3.63) is 47.8 Å². The van der Waals surface area contributed by atoms with Gasteiger partial charge >= 0.3 is 12.1 Å². The molecule has 8 heteroatoms. The molecule has 0 radical (unpaired) electrons. The van der Waals surface area contributed by atoms with Crippen LogP contribution in [0.25, 0.3) is 21.9 Å². The summed E-state index contributed by atoms with van der Waals surface area (Å²) in [5, 5.41) is 3.39. The summed E-state index contributed by atoms with van der Waals surface area (Å²) >= 11 is 0. The molecule has 0 fully saturated rings. The summed E-state index contributed by atoms with van der Waals surface area (Å²) in [5.74, 6) is -1.24. The molecule has 0 saturated carbocycles. The highest BCUT2D eigenvalue weighted by atomic mass is 19.4. The van der Waals surface area contributed by atoms with Crippen molar-refractivity contribution in [1.29, 1.82) is 0 Å². The SMILES string of the molecule is COC(=O)[C@H](CC(C)C)NC(c1ccc2c(c1)oc1ccc(F)cc12)C(F)(F)F. The maximum Gasteiger partial charge on any atom is 0.407 e. The van der Waals surface area contributed by atoms with Gasteiger partial charge < -0.3 is 9.15 Å². The summed E-state index contributed by atoms with van der Waals surface area (Å²) < 4.78 is 65.3. The first kappa shape index (κ1) is 21.1. The van der Waals surface area contributed by atoms with Crippen molar-refractivity contribution in [2.24, 2.45) is 5.92 Å². The average Bonchev–Trinajstić information content (AvgIpc) is 3.00. The lowest BCUT2D eigenvalue weighted by Crippen LogP contribution is -2.45. The number of nitrogens with one attached hydrogen (secondary N) is 1. The number of rotatable bonds is 6. The number of carbonyl (C=O) groups is 1. The van der Waals surface area contributed by atoms with Gasteiger partial charge in [-0.15, -0.1) is 0 Å². The number of halogens is 4. The molecule has 0 saturated heterocycles. The van der Waals surface area contributed by atoms with E-state index < -0.39 is 30.0 Å². The van der Waals surface area contributed by atoms with E-state index in [0.29, 0.717) is 16.4 Å². The van der Waals surface area contributed by atoms with Gasteiger partial charge in [-0.05, 0) is 42.2 Å². The number of benzene rings is 2. The van der Waals surface area contributed by atoms with E-state index in [0.717, 1.165) is 7.11 Å². The fourth-order valence-corrected chi connectivity index (χ4v) is 3.37. The Hall–Kier alpha value is -2.61. The summed E-state index contributed by atoms with van der Waals surface area (Å²) in [5.41, 5.74) is 0.474. The molecule has 0 bridgehead atoms. The van der Waals surface area contributed by atoms with Crippen LogP contribution in [-0.2, 0) is 9.53 Å². The van der Waals surface area contributed by atoms with E-state index in [2.05, 4.69) is 10.1 Å². The highest BCUT2D eigenvalue weighted by Crippen LogP contribution is 2.37. The highest BCUT2D eigenvalue weighted by Gasteiger charge is 2.43. The third-order valence-electron chi connectivity index (χ3n) is 4.68. The van der Waals surface area contributed by atoms with Crippen molar-refractivity contribution in [3.63, 3.8) is 0 Å². The van der Waals surface area contributed by atoms with Crippen LogP contribution in [0.2, 0.25) is 0 Å². The van der Waals surface area contributed by atoms with Crippen LogP contribution in [0, 0.1) is 11.7 Å². The van der Waals surface area contributed by atoms with E-state index in [1.165, 1.54) is 36.4 Å². The van der Waals surface area contributed by atoms with Crippen molar-refractivity contribution >= 4 is 27.9 Å². The average molecular weight is 411 g/mol. The van der Waals surface area contributed by atoms with Gasteiger partial charge in [-0.1, -0.05) is 26.0 Å². The number of carbonyl (C=O) groups excluding carboxylic acids is 1. The number of alkyl halides is 3. The summed E-state index contributed by atoms with van der Waals surface area (Å²) in [6.45, 7) is 3.61. The fourth-order valence-electron chi connectivity index (χ4n) is 3.37. The van der Waals surface area contributed by atoms with Crippen LogP contribution in [0.3, 0.4) is 0 Å². The van der Waals surface area contributed by atoms with Crippen molar-refractivity contribution < 1.29 is 31.5 Å². The molecule has 3 rings (SSSR count). The molecule has 0 aliphatic carbocycles. The standard InChI is InChI=1S/C21H21F4NO3/c1-11(2)8-16(20(27)28-3)26-19(21(23,24)25)12-4-6-14-15-10-13(22)5-7-17(15)29-18(14)9-12/h4-7,9-11,16,19,26H,8H2,1-3H3/t16-,19?/m0/s1. The van der Waals surface area contributed by atoms with Crippen molar-refractivity contribution in [3.8, 4) is 0 Å². The van der Waals surface area contributed by atoms with Gasteiger partial charge in [0.25, 0.3) is 0 Å². The number of ether oxygens (including phenoxy) is 1. The Morgan fingerprint density at radius 1 is 1.10 bits per heavy atom. The first-order chi connectivity index (χ1) is 13.6. The molecular weight excluding hydrogens is 390 g/mol. The summed E-state index contributed by atoms with van der Waals surface area (Å²) in [6.07, 6.45) is -4.47. The fraction of sp³-hybridized carbons (Fsp3) is 0.381. The Balaban J connectivity index is 2.03. The minimum atomic E-state index is -4.66. The lowest BCUT2D eigenvalue weighted by atomic mass is 9.99. The van der Waals surface area contributed by atoms with E-state index in [-0.39, 0.29) is 23.5 Å². The lowest BCUT2D eigenvalue weighted by Gasteiger charge is -2.27. The van der Waals surface area contributed by atoms with Gasteiger partial charge in [-0.2, -0.15) is 13.2 Å². The lowest BCUT2D eigenvalue weighted by molar-refractivity contribution is -0.164. The van der Waals surface area contributed by atoms with Crippen molar-refractivity contribution in [2.75, 3.05) is 7.11 Å². The molecule has 0 amide bonds. The van der Waals surface area contributed by atoms with E-state index in [4.69, 9.17) is 4.42 Å². The molecule has 2 aromatic carbocycles. The van der Waals surface area contributed by atoms with Crippen LogP contribution >= 0.6 is 0 Å². The molecule has 0 spiro atoms. The van der Waals surface area contributed by atoms with Crippen LogP contribution in [0.5, 0.6) is 0 Å². The summed E-state index contributed by atoms with van der Waals surface area (Å²) in [4.78, 5) is 12.0. The molecule has 1 heterocycles. The number of hydrogen-bond donors (Lipinski definition) is 1. The van der Waals surface area contributed by atoms with Crippen molar-refractivity contribution in [1.82, 2.24) is 5.32 Å². The maximum atomic E-state index is 13.8. The first-order valence-electron chi connectivity index (χ1n) is 9.12. The monoisotopic (exact) mass is 411 g/mol. The second-order valence-electron chi connectivity index (χ2n) is 7.34. The van der Waals surface area contributed by atoms with Crippen LogP contribution in [0.4, 0.5) is 17.6 Å². The highest BCUT2D eigenvalue weighted by molar-refractivity contribution is 6.05. The molecule has 0 aliphatic rings. The van der Waals surface area contributed by atoms with Gasteiger partial charge in [0.15, 0.2) is 0 Å². The number of furan rings is 1. The molecule has 1 N–H and O–H groups in total. The van der Waals surface area contributed by atoms with Gasteiger partial charge in [0.1, 0.15) is 29.1 Å². The Kier molecular flexibility index (Phi) is 5.84. The van der Waals surface area contributed by atoms with E-state index in [1.54, 1.807) is 13.8 Å². The molecule has 0 aliphatic heterocycles. The Morgan fingerprint density at radius 3 is 2.45 bits per heavy atom. The van der Waals surface area contributed by atoms with Gasteiger partial charge in [-0.3, -0.25) is 10.1 Å². The first-order valence-corrected chi connectivity index (χ1v) is 9.12.